The van der Waals surface area contributed by atoms with Gasteiger partial charge in [0.2, 0.25) is 0 Å². The van der Waals surface area contributed by atoms with E-state index in [0.717, 1.165) is 17.5 Å². The first-order valence-corrected chi connectivity index (χ1v) is 9.08. The largest absolute Gasteiger partial charge is 0.345 e. The van der Waals surface area contributed by atoms with Crippen molar-refractivity contribution in [2.24, 2.45) is 0 Å². The minimum atomic E-state index is 0.0251. The molecule has 1 aliphatic rings. The molecule has 1 aliphatic carbocycles. The summed E-state index contributed by atoms with van der Waals surface area (Å²) < 4.78 is 0. The first-order chi connectivity index (χ1) is 11.6. The number of hydrogen-bond donors (Lipinski definition) is 1. The van der Waals surface area contributed by atoms with Crippen LogP contribution < -0.4 is 5.32 Å². The average Bonchev–Trinajstić information content (AvgIpc) is 2.59. The number of fused-ring (bicyclic) bond motifs is 1. The first-order valence-electron chi connectivity index (χ1n) is 9.08. The Hall–Kier alpha value is -2.09. The normalized spacial score (nSPS) is 14.8. The summed E-state index contributed by atoms with van der Waals surface area (Å²) in [4.78, 5) is 12.7. The topological polar surface area (TPSA) is 29.1 Å². The molecule has 0 saturated carbocycles. The number of carbonyl (C=O) groups excluding carboxylic acids is 1. The van der Waals surface area contributed by atoms with Crippen molar-refractivity contribution in [1.29, 1.82) is 0 Å². The molecule has 0 radical (unpaired) electrons. The van der Waals surface area contributed by atoms with Gasteiger partial charge in [-0.3, -0.25) is 4.79 Å². The van der Waals surface area contributed by atoms with Crippen molar-refractivity contribution in [3.8, 4) is 0 Å². The lowest BCUT2D eigenvalue weighted by atomic mass is 9.88. The zero-order valence-corrected chi connectivity index (χ0v) is 15.0. The first kappa shape index (κ1) is 16.8. The molecule has 2 heteroatoms. The molecule has 1 unspecified atom stereocenters. The van der Waals surface area contributed by atoms with Crippen LogP contribution in [-0.4, -0.2) is 5.91 Å². The Morgan fingerprint density at radius 2 is 1.79 bits per heavy atom. The van der Waals surface area contributed by atoms with Crippen LogP contribution in [0.15, 0.2) is 36.4 Å². The van der Waals surface area contributed by atoms with Crippen molar-refractivity contribution < 1.29 is 4.79 Å². The van der Waals surface area contributed by atoms with Crippen molar-refractivity contribution in [2.75, 3.05) is 0 Å². The zero-order valence-electron chi connectivity index (χ0n) is 15.0. The van der Waals surface area contributed by atoms with Crippen LogP contribution in [0.25, 0.3) is 0 Å². The van der Waals surface area contributed by atoms with Gasteiger partial charge in [0, 0.05) is 5.56 Å². The Morgan fingerprint density at radius 1 is 1.04 bits per heavy atom. The fourth-order valence-electron chi connectivity index (χ4n) is 3.70. The summed E-state index contributed by atoms with van der Waals surface area (Å²) in [5.74, 6) is 0.0251. The summed E-state index contributed by atoms with van der Waals surface area (Å²) in [5.41, 5.74) is 7.19. The Labute approximate surface area is 145 Å². The molecule has 0 fully saturated rings. The van der Waals surface area contributed by atoms with Gasteiger partial charge in [-0.15, -0.1) is 0 Å². The maximum absolute atomic E-state index is 12.7. The van der Waals surface area contributed by atoms with Crippen LogP contribution in [0.2, 0.25) is 0 Å². The van der Waals surface area contributed by atoms with Crippen LogP contribution in [0, 0.1) is 13.8 Å². The molecule has 3 rings (SSSR count). The van der Waals surface area contributed by atoms with Crippen molar-refractivity contribution in [3.63, 3.8) is 0 Å². The van der Waals surface area contributed by atoms with Crippen LogP contribution in [-0.2, 0) is 12.8 Å². The van der Waals surface area contributed by atoms with Gasteiger partial charge in [0.1, 0.15) is 0 Å². The second-order valence-corrected chi connectivity index (χ2v) is 6.99. The highest BCUT2D eigenvalue weighted by molar-refractivity contribution is 5.95. The number of amides is 1. The van der Waals surface area contributed by atoms with E-state index in [2.05, 4.69) is 43.4 Å². The van der Waals surface area contributed by atoms with Crippen LogP contribution in [0.4, 0.5) is 0 Å². The molecule has 126 valence electrons. The molecule has 2 nitrogen and oxygen atoms in total. The lowest BCUT2D eigenvalue weighted by molar-refractivity contribution is 0.0935. The molecule has 0 bridgehead atoms. The minimum Gasteiger partial charge on any atom is -0.345 e. The molecule has 1 N–H and O–H groups in total. The van der Waals surface area contributed by atoms with E-state index < -0.39 is 0 Å². The molecule has 24 heavy (non-hydrogen) atoms. The average molecular weight is 321 g/mol. The number of carbonyl (C=O) groups is 1. The smallest absolute Gasteiger partial charge is 0.252 e. The van der Waals surface area contributed by atoms with Crippen molar-refractivity contribution in [2.45, 2.75) is 58.9 Å². The lowest BCUT2D eigenvalue weighted by Gasteiger charge is -2.22. The predicted molar refractivity (Wildman–Crippen MR) is 99.5 cm³/mol. The van der Waals surface area contributed by atoms with E-state index in [9.17, 15) is 4.79 Å². The molecule has 0 heterocycles. The van der Waals surface area contributed by atoms with Gasteiger partial charge in [0.15, 0.2) is 0 Å². The van der Waals surface area contributed by atoms with Crippen molar-refractivity contribution in [1.82, 2.24) is 5.32 Å². The molecule has 0 spiro atoms. The van der Waals surface area contributed by atoms with Crippen LogP contribution in [0.1, 0.15) is 70.4 Å². The van der Waals surface area contributed by atoms with Gasteiger partial charge in [0.25, 0.3) is 5.91 Å². The Morgan fingerprint density at radius 3 is 2.50 bits per heavy atom. The summed E-state index contributed by atoms with van der Waals surface area (Å²) in [6, 6.07) is 12.8. The van der Waals surface area contributed by atoms with E-state index in [-0.39, 0.29) is 11.9 Å². The maximum atomic E-state index is 12.7. The highest BCUT2D eigenvalue weighted by atomic mass is 16.1. The van der Waals surface area contributed by atoms with Crippen LogP contribution in [0.5, 0.6) is 0 Å². The van der Waals surface area contributed by atoms with E-state index in [4.69, 9.17) is 0 Å². The molecule has 0 aromatic heterocycles. The maximum Gasteiger partial charge on any atom is 0.252 e. The third-order valence-corrected chi connectivity index (χ3v) is 5.12. The molecular formula is C22H27NO. The molecule has 0 aliphatic heterocycles. The van der Waals surface area contributed by atoms with Crippen LogP contribution in [0.3, 0.4) is 0 Å². The second kappa shape index (κ2) is 7.21. The SMILES string of the molecule is CCC(NC(=O)c1ccc(C)cc1C)c1ccc2c(c1)CCCC2. The second-order valence-electron chi connectivity index (χ2n) is 6.99. The van der Waals surface area contributed by atoms with E-state index in [1.165, 1.54) is 47.9 Å². The van der Waals surface area contributed by atoms with Crippen LogP contribution >= 0.6 is 0 Å². The molecule has 2 aromatic carbocycles. The van der Waals surface area contributed by atoms with Gasteiger partial charge >= 0.3 is 0 Å². The molecule has 1 atom stereocenters. The van der Waals surface area contributed by atoms with Gasteiger partial charge in [0.05, 0.1) is 6.04 Å². The van der Waals surface area contributed by atoms with Gasteiger partial charge in [-0.1, -0.05) is 42.8 Å². The van der Waals surface area contributed by atoms with Crippen molar-refractivity contribution >= 4 is 5.91 Å². The molecule has 2 aromatic rings. The van der Waals surface area contributed by atoms with E-state index >= 15 is 0 Å². The quantitative estimate of drug-likeness (QED) is 0.837. The van der Waals surface area contributed by atoms with E-state index in [1.54, 1.807) is 0 Å². The lowest BCUT2D eigenvalue weighted by Crippen LogP contribution is -2.29. The highest BCUT2D eigenvalue weighted by Gasteiger charge is 2.17. The third-order valence-electron chi connectivity index (χ3n) is 5.12. The highest BCUT2D eigenvalue weighted by Crippen LogP contribution is 2.26. The van der Waals surface area contributed by atoms with Gasteiger partial charge in [-0.25, -0.2) is 0 Å². The van der Waals surface area contributed by atoms with E-state index in [1.807, 2.05) is 19.1 Å². The summed E-state index contributed by atoms with van der Waals surface area (Å²) in [6.07, 6.45) is 5.84. The monoisotopic (exact) mass is 321 g/mol. The van der Waals surface area contributed by atoms with Gasteiger partial charge < -0.3 is 5.32 Å². The Kier molecular flexibility index (Phi) is 5.03. The number of benzene rings is 2. The summed E-state index contributed by atoms with van der Waals surface area (Å²) in [6.45, 7) is 6.19. The summed E-state index contributed by atoms with van der Waals surface area (Å²) in [7, 11) is 0. The number of rotatable bonds is 4. The Bertz CT molecular complexity index is 748. The number of aryl methyl sites for hydroxylation is 4. The van der Waals surface area contributed by atoms with Crippen molar-refractivity contribution in [3.05, 3.63) is 69.8 Å². The number of nitrogens with one attached hydrogen (secondary N) is 1. The molecule has 0 saturated heterocycles. The van der Waals surface area contributed by atoms with Gasteiger partial charge in [-0.05, 0) is 74.3 Å². The molecule has 1 amide bonds. The standard InChI is InChI=1S/C22H27NO/c1-4-21(19-11-10-17-7-5-6-8-18(17)14-19)23-22(24)20-12-9-15(2)13-16(20)3/h9-14,21H,4-8H2,1-3H3,(H,23,24). The van der Waals surface area contributed by atoms with E-state index in [0.29, 0.717) is 0 Å². The minimum absolute atomic E-state index is 0.0251. The number of hydrogen-bond acceptors (Lipinski definition) is 1. The summed E-state index contributed by atoms with van der Waals surface area (Å²) in [5, 5.41) is 3.23. The fraction of sp³-hybridized carbons (Fsp3) is 0.409. The summed E-state index contributed by atoms with van der Waals surface area (Å²) >= 11 is 0. The zero-order chi connectivity index (χ0) is 17.1. The van der Waals surface area contributed by atoms with Gasteiger partial charge in [-0.2, -0.15) is 0 Å². The predicted octanol–water partition coefficient (Wildman–Crippen LogP) is 5.06. The third kappa shape index (κ3) is 3.53. The Balaban J connectivity index is 1.80. The fourth-order valence-corrected chi connectivity index (χ4v) is 3.70. The molecular weight excluding hydrogens is 294 g/mol.